The number of hydrogen-bond acceptors (Lipinski definition) is 5. The number of carbonyl (C=O) groups excluding carboxylic acids is 1. The third-order valence-corrected chi connectivity index (χ3v) is 10.4. The van der Waals surface area contributed by atoms with E-state index in [2.05, 4.69) is 0 Å². The van der Waals surface area contributed by atoms with Crippen molar-refractivity contribution in [1.29, 1.82) is 0 Å². The molecule has 2 rings (SSSR count). The molecular formula is C24H38O6S2. The highest BCUT2D eigenvalue weighted by Gasteiger charge is 2.35. The number of ketones is 1. The van der Waals surface area contributed by atoms with Crippen LogP contribution in [0.15, 0.2) is 12.2 Å². The van der Waals surface area contributed by atoms with Crippen LogP contribution >= 0.6 is 11.8 Å². The van der Waals surface area contributed by atoms with Crippen LogP contribution < -0.4 is 0 Å². The van der Waals surface area contributed by atoms with E-state index in [1.165, 1.54) is 0 Å². The van der Waals surface area contributed by atoms with Gasteiger partial charge in [-0.1, -0.05) is 25.0 Å². The van der Waals surface area contributed by atoms with Crippen LogP contribution in [0.1, 0.15) is 85.5 Å². The molecule has 2 N–H and O–H groups in total. The van der Waals surface area contributed by atoms with Gasteiger partial charge in [-0.3, -0.25) is 18.6 Å². The van der Waals surface area contributed by atoms with Gasteiger partial charge in [0.1, 0.15) is 0 Å². The van der Waals surface area contributed by atoms with E-state index < -0.39 is 33.6 Å². The third kappa shape index (κ3) is 7.44. The lowest BCUT2D eigenvalue weighted by Crippen LogP contribution is -2.24. The van der Waals surface area contributed by atoms with Gasteiger partial charge in [0.2, 0.25) is 0 Å². The van der Waals surface area contributed by atoms with Crippen molar-refractivity contribution in [3.63, 3.8) is 0 Å². The first-order chi connectivity index (χ1) is 14.8. The molecule has 32 heavy (non-hydrogen) atoms. The van der Waals surface area contributed by atoms with Gasteiger partial charge < -0.3 is 10.2 Å². The van der Waals surface area contributed by atoms with Crippen LogP contribution in [0.25, 0.3) is 0 Å². The maximum absolute atomic E-state index is 12.8. The molecule has 2 aliphatic heterocycles. The second-order valence-electron chi connectivity index (χ2n) is 10.5. The highest BCUT2D eigenvalue weighted by Crippen LogP contribution is 2.37. The van der Waals surface area contributed by atoms with E-state index in [9.17, 15) is 28.8 Å². The standard InChI is InChI=1S/C24H38O6S2/c1-23(2,21(26)27)13-5-7-16-15-19(25)20(31-16)12-11-18-10-9-17(32(18)30)8-6-14-24(3,4)22(28)29/h11-12,16-18,20H,5-10,13-15H2,1-4H3,(H,26,27)(H,28,29). The monoisotopic (exact) mass is 486 g/mol. The predicted octanol–water partition coefficient (Wildman–Crippen LogP) is 4.83. The number of aliphatic carboxylic acids is 2. The van der Waals surface area contributed by atoms with Gasteiger partial charge in [-0.2, -0.15) is 0 Å². The average Bonchev–Trinajstić information content (AvgIpc) is 3.22. The maximum Gasteiger partial charge on any atom is 0.309 e. The molecule has 2 aliphatic rings. The molecule has 0 bridgehead atoms. The topological polar surface area (TPSA) is 109 Å². The number of rotatable bonds is 12. The Morgan fingerprint density at radius 3 is 2.12 bits per heavy atom. The van der Waals surface area contributed by atoms with Crippen molar-refractivity contribution in [3.05, 3.63) is 12.2 Å². The zero-order chi connectivity index (χ0) is 24.1. The number of carboxylic acid groups (broad SMARTS) is 2. The van der Waals surface area contributed by atoms with Gasteiger partial charge in [0.15, 0.2) is 5.78 Å². The smallest absolute Gasteiger partial charge is 0.309 e. The number of hydrogen-bond donors (Lipinski definition) is 2. The molecule has 182 valence electrons. The summed E-state index contributed by atoms with van der Waals surface area (Å²) < 4.78 is 12.8. The highest BCUT2D eigenvalue weighted by atomic mass is 32.2. The minimum Gasteiger partial charge on any atom is -0.481 e. The number of thioether (sulfide) groups is 1. The summed E-state index contributed by atoms with van der Waals surface area (Å²) in [4.78, 5) is 34.9. The van der Waals surface area contributed by atoms with E-state index >= 15 is 0 Å². The zero-order valence-electron chi connectivity index (χ0n) is 19.7. The first-order valence-electron chi connectivity index (χ1n) is 11.6. The van der Waals surface area contributed by atoms with E-state index in [1.54, 1.807) is 39.5 Å². The van der Waals surface area contributed by atoms with E-state index in [0.717, 1.165) is 38.5 Å². The van der Waals surface area contributed by atoms with Crippen LogP contribution in [-0.4, -0.2) is 53.1 Å². The van der Waals surface area contributed by atoms with Crippen molar-refractivity contribution < 1.29 is 28.8 Å². The van der Waals surface area contributed by atoms with Crippen LogP contribution in [0, 0.1) is 10.8 Å². The molecular weight excluding hydrogens is 448 g/mol. The molecule has 0 aromatic carbocycles. The van der Waals surface area contributed by atoms with Crippen LogP contribution in [0.2, 0.25) is 0 Å². The molecule has 0 amide bonds. The zero-order valence-corrected chi connectivity index (χ0v) is 21.3. The lowest BCUT2D eigenvalue weighted by Gasteiger charge is -2.19. The lowest BCUT2D eigenvalue weighted by atomic mass is 9.87. The summed E-state index contributed by atoms with van der Waals surface area (Å²) in [6, 6.07) is 0. The SMILES string of the molecule is CC(C)(CCCC1CC(=O)C(C=CC2CCC(CCCC(C)(C)C(=O)O)S2=O)S1)C(=O)O. The Bertz CT molecular complexity index is 754. The summed E-state index contributed by atoms with van der Waals surface area (Å²) in [7, 11) is -0.987. The summed E-state index contributed by atoms with van der Waals surface area (Å²) in [5, 5.41) is 18.5. The van der Waals surface area contributed by atoms with E-state index in [0.29, 0.717) is 19.3 Å². The van der Waals surface area contributed by atoms with Crippen LogP contribution in [0.4, 0.5) is 0 Å². The van der Waals surface area contributed by atoms with Gasteiger partial charge in [-0.15, -0.1) is 11.8 Å². The van der Waals surface area contributed by atoms with E-state index in [-0.39, 0.29) is 26.8 Å². The Morgan fingerprint density at radius 2 is 1.56 bits per heavy atom. The van der Waals surface area contributed by atoms with Crippen LogP contribution in [0.5, 0.6) is 0 Å². The molecule has 0 radical (unpaired) electrons. The first kappa shape index (κ1) is 27.1. The van der Waals surface area contributed by atoms with Gasteiger partial charge in [-0.05, 0) is 66.2 Å². The molecule has 2 heterocycles. The fourth-order valence-electron chi connectivity index (χ4n) is 4.24. The minimum absolute atomic E-state index is 0.0312. The van der Waals surface area contributed by atoms with Crippen LogP contribution in [-0.2, 0) is 25.2 Å². The highest BCUT2D eigenvalue weighted by molar-refractivity contribution is 8.01. The van der Waals surface area contributed by atoms with Crippen molar-refractivity contribution in [1.82, 2.24) is 0 Å². The summed E-state index contributed by atoms with van der Waals surface area (Å²) in [5.41, 5.74) is -1.49. The molecule has 8 heteroatoms. The number of Topliss-reactive ketones (excluding diaryl/α,β-unsaturated/α-hetero) is 1. The average molecular weight is 487 g/mol. The fraction of sp³-hybridized carbons (Fsp3) is 0.792. The van der Waals surface area contributed by atoms with Gasteiger partial charge >= 0.3 is 11.9 Å². The first-order valence-corrected chi connectivity index (χ1v) is 13.8. The van der Waals surface area contributed by atoms with Crippen molar-refractivity contribution in [2.24, 2.45) is 10.8 Å². The summed E-state index contributed by atoms with van der Waals surface area (Å²) >= 11 is 1.64. The minimum atomic E-state index is -0.987. The fourth-order valence-corrected chi connectivity index (χ4v) is 7.52. The van der Waals surface area contributed by atoms with Crippen molar-refractivity contribution in [3.8, 4) is 0 Å². The Morgan fingerprint density at radius 1 is 1.00 bits per heavy atom. The molecule has 2 saturated heterocycles. The molecule has 0 aromatic heterocycles. The molecule has 5 unspecified atom stereocenters. The second kappa shape index (κ2) is 11.3. The third-order valence-electron chi connectivity index (χ3n) is 6.80. The van der Waals surface area contributed by atoms with Gasteiger partial charge in [0.05, 0.1) is 21.3 Å². The molecule has 5 atom stereocenters. The number of carbonyl (C=O) groups is 3. The predicted molar refractivity (Wildman–Crippen MR) is 129 cm³/mol. The summed E-state index contributed by atoms with van der Waals surface area (Å²) in [6.07, 6.45) is 10.4. The maximum atomic E-state index is 12.8. The van der Waals surface area contributed by atoms with Crippen molar-refractivity contribution >= 4 is 40.3 Å². The largest absolute Gasteiger partial charge is 0.481 e. The Kier molecular flexibility index (Phi) is 9.58. The summed E-state index contributed by atoms with van der Waals surface area (Å²) in [6.45, 7) is 6.91. The van der Waals surface area contributed by atoms with Crippen molar-refractivity contribution in [2.45, 2.75) is 106 Å². The number of carboxylic acids is 2. The molecule has 0 aromatic rings. The van der Waals surface area contributed by atoms with Crippen LogP contribution in [0.3, 0.4) is 0 Å². The van der Waals surface area contributed by atoms with Crippen molar-refractivity contribution in [2.75, 3.05) is 0 Å². The molecule has 6 nitrogen and oxygen atoms in total. The second-order valence-corrected chi connectivity index (χ2v) is 13.8. The lowest BCUT2D eigenvalue weighted by molar-refractivity contribution is -0.148. The molecule has 2 fully saturated rings. The van der Waals surface area contributed by atoms with Gasteiger partial charge in [0.25, 0.3) is 0 Å². The Labute approximate surface area is 198 Å². The quantitative estimate of drug-likeness (QED) is 0.380. The Hall–Kier alpha value is -1.15. The van der Waals surface area contributed by atoms with Gasteiger partial charge in [-0.25, -0.2) is 0 Å². The summed E-state index contributed by atoms with van der Waals surface area (Å²) in [5.74, 6) is -1.39. The molecule has 0 saturated carbocycles. The normalized spacial score (nSPS) is 29.1. The van der Waals surface area contributed by atoms with Gasteiger partial charge in [0, 0.05) is 27.7 Å². The molecule has 0 aliphatic carbocycles. The Balaban J connectivity index is 1.77. The molecule has 0 spiro atoms. The van der Waals surface area contributed by atoms with E-state index in [1.807, 2.05) is 12.2 Å². The van der Waals surface area contributed by atoms with E-state index in [4.69, 9.17) is 0 Å².